The summed E-state index contributed by atoms with van der Waals surface area (Å²) in [5.74, 6) is 0. The fraction of sp³-hybridized carbons (Fsp3) is 0.636. The summed E-state index contributed by atoms with van der Waals surface area (Å²) in [7, 11) is 0. The Morgan fingerprint density at radius 3 is 2.28 bits per heavy atom. The van der Waals surface area contributed by atoms with E-state index in [2.05, 4.69) is 31.0 Å². The van der Waals surface area contributed by atoms with E-state index in [9.17, 15) is 9.59 Å². The van der Waals surface area contributed by atoms with Crippen molar-refractivity contribution < 1.29 is 9.53 Å². The molecule has 1 N–H and O–H groups in total. The number of nitrogens with one attached hydrogen (secondary N) is 1. The topological polar surface area (TPSA) is 68.5 Å². The van der Waals surface area contributed by atoms with Gasteiger partial charge < -0.3 is 10.1 Å². The van der Waals surface area contributed by atoms with E-state index in [1.54, 1.807) is 4.57 Å². The fourth-order valence-corrected chi connectivity index (χ4v) is 4.40. The van der Waals surface area contributed by atoms with Crippen molar-refractivity contribution in [2.75, 3.05) is 32.8 Å². The molecule has 0 unspecified atom stereocenters. The van der Waals surface area contributed by atoms with E-state index in [4.69, 9.17) is 4.74 Å². The van der Waals surface area contributed by atoms with Gasteiger partial charge in [-0.05, 0) is 37.8 Å². The van der Waals surface area contributed by atoms with Crippen molar-refractivity contribution in [3.8, 4) is 0 Å². The standard InChI is InChI=1S/C22H34N4O3/c1-21(2,3)16-22(4,5)23-19(27)26-18-9-7-6-8-17(18)25(20(26)28)11-10-24-12-14-29-15-13-24/h6-9H,10-16H2,1-5H3,(H,23,27). The van der Waals surface area contributed by atoms with Crippen LogP contribution < -0.4 is 11.0 Å². The molecule has 0 aliphatic carbocycles. The van der Waals surface area contributed by atoms with Crippen LogP contribution in [0.25, 0.3) is 11.0 Å². The number of ether oxygens (including phenoxy) is 1. The predicted octanol–water partition coefficient (Wildman–Crippen LogP) is 2.91. The second kappa shape index (κ2) is 8.32. The largest absolute Gasteiger partial charge is 0.379 e. The molecule has 2 heterocycles. The molecule has 0 bridgehead atoms. The van der Waals surface area contributed by atoms with E-state index in [0.717, 1.165) is 44.8 Å². The molecular formula is C22H34N4O3. The molecule has 0 radical (unpaired) electrons. The van der Waals surface area contributed by atoms with Crippen molar-refractivity contribution in [3.63, 3.8) is 0 Å². The van der Waals surface area contributed by atoms with Gasteiger partial charge in [-0.3, -0.25) is 9.47 Å². The number of rotatable bonds is 5. The highest BCUT2D eigenvalue weighted by atomic mass is 16.5. The van der Waals surface area contributed by atoms with Gasteiger partial charge in [0.2, 0.25) is 0 Å². The third-order valence-electron chi connectivity index (χ3n) is 5.20. The average Bonchev–Trinajstić information content (AvgIpc) is 2.89. The zero-order chi connectivity index (χ0) is 21.2. The highest BCUT2D eigenvalue weighted by Crippen LogP contribution is 2.27. The molecule has 3 rings (SSSR count). The normalized spacial score (nSPS) is 16.3. The van der Waals surface area contributed by atoms with Crippen LogP contribution in [0.3, 0.4) is 0 Å². The van der Waals surface area contributed by atoms with Crippen LogP contribution in [0, 0.1) is 5.41 Å². The van der Waals surface area contributed by atoms with Crippen molar-refractivity contribution in [2.45, 2.75) is 53.1 Å². The zero-order valence-electron chi connectivity index (χ0n) is 18.3. The van der Waals surface area contributed by atoms with Crippen LogP contribution in [0.15, 0.2) is 29.1 Å². The quantitative estimate of drug-likeness (QED) is 0.835. The molecule has 1 aliphatic heterocycles. The smallest absolute Gasteiger partial charge is 0.337 e. The molecule has 2 aromatic rings. The minimum absolute atomic E-state index is 0.0634. The van der Waals surface area contributed by atoms with Crippen LogP contribution in [0.4, 0.5) is 4.79 Å². The lowest BCUT2D eigenvalue weighted by atomic mass is 9.82. The summed E-state index contributed by atoms with van der Waals surface area (Å²) >= 11 is 0. The molecule has 7 nitrogen and oxygen atoms in total. The number of aromatic nitrogens is 2. The molecule has 0 atom stereocenters. The Balaban J connectivity index is 1.87. The van der Waals surface area contributed by atoms with E-state index in [1.165, 1.54) is 4.57 Å². The number of benzene rings is 1. The van der Waals surface area contributed by atoms with Crippen LogP contribution in [-0.2, 0) is 11.3 Å². The van der Waals surface area contributed by atoms with E-state index >= 15 is 0 Å². The van der Waals surface area contributed by atoms with Crippen molar-refractivity contribution >= 4 is 17.1 Å². The van der Waals surface area contributed by atoms with Crippen LogP contribution in [0.2, 0.25) is 0 Å². The number of carbonyl (C=O) groups is 1. The number of imidazole rings is 1. The van der Waals surface area contributed by atoms with Gasteiger partial charge in [0.1, 0.15) is 0 Å². The summed E-state index contributed by atoms with van der Waals surface area (Å²) < 4.78 is 8.38. The summed E-state index contributed by atoms with van der Waals surface area (Å²) in [6.45, 7) is 14.9. The van der Waals surface area contributed by atoms with E-state index in [0.29, 0.717) is 12.1 Å². The number of fused-ring (bicyclic) bond motifs is 1. The molecule has 1 amide bonds. The Hall–Kier alpha value is -2.12. The zero-order valence-corrected chi connectivity index (χ0v) is 18.3. The van der Waals surface area contributed by atoms with Crippen LogP contribution in [-0.4, -0.2) is 58.5 Å². The lowest BCUT2D eigenvalue weighted by Crippen LogP contribution is -2.49. The SMILES string of the molecule is CC(C)(C)CC(C)(C)NC(=O)n1c(=O)n(CCN2CCOCC2)c2ccccc21. The average molecular weight is 403 g/mol. The predicted molar refractivity (Wildman–Crippen MR) is 116 cm³/mol. The number of nitrogens with zero attached hydrogens (tertiary/aromatic N) is 3. The number of hydrogen-bond acceptors (Lipinski definition) is 4. The van der Waals surface area contributed by atoms with Crippen LogP contribution >= 0.6 is 0 Å². The van der Waals surface area contributed by atoms with Gasteiger partial charge in [0.15, 0.2) is 0 Å². The Kier molecular flexibility index (Phi) is 6.19. The lowest BCUT2D eigenvalue weighted by Gasteiger charge is -2.33. The highest BCUT2D eigenvalue weighted by molar-refractivity contribution is 5.89. The van der Waals surface area contributed by atoms with Gasteiger partial charge in [-0.25, -0.2) is 14.2 Å². The molecule has 29 heavy (non-hydrogen) atoms. The van der Waals surface area contributed by atoms with E-state index in [1.807, 2.05) is 38.1 Å². The second-order valence-electron chi connectivity index (χ2n) is 9.76. The molecule has 0 spiro atoms. The van der Waals surface area contributed by atoms with Crippen LogP contribution in [0.1, 0.15) is 41.0 Å². The fourth-order valence-electron chi connectivity index (χ4n) is 4.40. The summed E-state index contributed by atoms with van der Waals surface area (Å²) in [6, 6.07) is 7.13. The molecule has 160 valence electrons. The number of carbonyl (C=O) groups excluding carboxylic acids is 1. The molecule has 0 saturated carbocycles. The van der Waals surface area contributed by atoms with Gasteiger partial charge in [-0.2, -0.15) is 0 Å². The Labute approximate surface area is 172 Å². The third-order valence-corrected chi connectivity index (χ3v) is 5.20. The number of morpholine rings is 1. The first kappa shape index (κ1) is 21.6. The molecule has 7 heteroatoms. The van der Waals surface area contributed by atoms with Crippen molar-refractivity contribution in [3.05, 3.63) is 34.7 Å². The van der Waals surface area contributed by atoms with E-state index < -0.39 is 5.54 Å². The van der Waals surface area contributed by atoms with E-state index in [-0.39, 0.29) is 17.1 Å². The minimum Gasteiger partial charge on any atom is -0.379 e. The number of hydrogen-bond donors (Lipinski definition) is 1. The van der Waals surface area contributed by atoms with Crippen LogP contribution in [0.5, 0.6) is 0 Å². The van der Waals surface area contributed by atoms with Gasteiger partial charge in [-0.1, -0.05) is 32.9 Å². The summed E-state index contributed by atoms with van der Waals surface area (Å²) in [5.41, 5.74) is 0.779. The van der Waals surface area contributed by atoms with Gasteiger partial charge >= 0.3 is 11.7 Å². The van der Waals surface area contributed by atoms with Gasteiger partial charge in [0.05, 0.1) is 24.2 Å². The summed E-state index contributed by atoms with van der Waals surface area (Å²) in [6.07, 6.45) is 0.802. The van der Waals surface area contributed by atoms with Crippen molar-refractivity contribution in [1.82, 2.24) is 19.4 Å². The Bertz CT molecular complexity index is 914. The molecule has 1 aromatic heterocycles. The minimum atomic E-state index is -0.425. The highest BCUT2D eigenvalue weighted by Gasteiger charge is 2.29. The van der Waals surface area contributed by atoms with Gasteiger partial charge in [-0.15, -0.1) is 0 Å². The second-order valence-corrected chi connectivity index (χ2v) is 9.76. The molecule has 1 fully saturated rings. The molecule has 1 saturated heterocycles. The first-order chi connectivity index (χ1) is 13.6. The monoisotopic (exact) mass is 402 g/mol. The summed E-state index contributed by atoms with van der Waals surface area (Å²) in [4.78, 5) is 28.6. The first-order valence-corrected chi connectivity index (χ1v) is 10.4. The van der Waals surface area contributed by atoms with Crippen molar-refractivity contribution in [1.29, 1.82) is 0 Å². The maximum Gasteiger partial charge on any atom is 0.337 e. The number of amides is 1. The van der Waals surface area contributed by atoms with Crippen molar-refractivity contribution in [2.24, 2.45) is 5.41 Å². The third kappa shape index (κ3) is 5.28. The first-order valence-electron chi connectivity index (χ1n) is 10.4. The lowest BCUT2D eigenvalue weighted by molar-refractivity contribution is 0.0364. The number of para-hydroxylation sites is 2. The Morgan fingerprint density at radius 1 is 1.03 bits per heavy atom. The van der Waals surface area contributed by atoms with Gasteiger partial charge in [0.25, 0.3) is 0 Å². The maximum atomic E-state index is 13.2. The maximum absolute atomic E-state index is 13.2. The molecular weight excluding hydrogens is 368 g/mol. The molecule has 1 aliphatic rings. The van der Waals surface area contributed by atoms with Gasteiger partial charge in [0, 0.05) is 31.7 Å². The Morgan fingerprint density at radius 2 is 1.66 bits per heavy atom. The molecule has 1 aromatic carbocycles. The summed E-state index contributed by atoms with van der Waals surface area (Å²) in [5, 5.41) is 3.06.